The van der Waals surface area contributed by atoms with Crippen LogP contribution in [0.5, 0.6) is 0 Å². The maximum absolute atomic E-state index is 11.1. The summed E-state index contributed by atoms with van der Waals surface area (Å²) in [4.78, 5) is 14.0. The largest absolute Gasteiger partial charge is 0.491 e. The SMILES string of the molecule is CC1(C)OB(C(=Cc2ccc3cc(C(=O)O)[nH]c3c2)CS)OC1(C)C. The lowest BCUT2D eigenvalue weighted by Gasteiger charge is -2.32. The molecule has 0 bridgehead atoms. The number of thiol groups is 1. The molecule has 0 unspecified atom stereocenters. The highest BCUT2D eigenvalue weighted by Crippen LogP contribution is 2.39. The van der Waals surface area contributed by atoms with Gasteiger partial charge in [-0.15, -0.1) is 0 Å². The monoisotopic (exact) mass is 359 g/mol. The van der Waals surface area contributed by atoms with Crippen LogP contribution < -0.4 is 0 Å². The highest BCUT2D eigenvalue weighted by Gasteiger charge is 2.52. The summed E-state index contributed by atoms with van der Waals surface area (Å²) in [7, 11) is -0.448. The maximum atomic E-state index is 11.1. The molecule has 2 heterocycles. The maximum Gasteiger partial charge on any atom is 0.491 e. The molecule has 0 aliphatic carbocycles. The summed E-state index contributed by atoms with van der Waals surface area (Å²) in [5.41, 5.74) is 2.01. The Balaban J connectivity index is 1.92. The smallest absolute Gasteiger partial charge is 0.477 e. The third-order valence-electron chi connectivity index (χ3n) is 4.97. The van der Waals surface area contributed by atoms with E-state index < -0.39 is 24.3 Å². The quantitative estimate of drug-likeness (QED) is 0.573. The fraction of sp³-hybridized carbons (Fsp3) is 0.389. The molecule has 132 valence electrons. The second-order valence-corrected chi connectivity index (χ2v) is 7.62. The summed E-state index contributed by atoms with van der Waals surface area (Å²) in [5.74, 6) is -0.471. The zero-order valence-corrected chi connectivity index (χ0v) is 15.7. The lowest BCUT2D eigenvalue weighted by molar-refractivity contribution is 0.00578. The Kier molecular flexibility index (Phi) is 4.51. The van der Waals surface area contributed by atoms with Crippen LogP contribution in [-0.2, 0) is 9.31 Å². The molecule has 25 heavy (non-hydrogen) atoms. The van der Waals surface area contributed by atoms with Gasteiger partial charge in [-0.25, -0.2) is 4.79 Å². The number of nitrogens with one attached hydrogen (secondary N) is 1. The standard InChI is InChI=1S/C18H22BNO4S/c1-17(2)18(3,4)24-19(23-17)13(10-25)7-11-5-6-12-9-15(16(21)22)20-14(12)8-11/h5-9,20,25H,10H2,1-4H3,(H,21,22). The van der Waals surface area contributed by atoms with E-state index >= 15 is 0 Å². The van der Waals surface area contributed by atoms with Crippen molar-refractivity contribution in [2.45, 2.75) is 38.9 Å². The number of aromatic carboxylic acids is 1. The first-order chi connectivity index (χ1) is 11.6. The summed E-state index contributed by atoms with van der Waals surface area (Å²) in [6, 6.07) is 7.37. The Morgan fingerprint density at radius 3 is 2.44 bits per heavy atom. The van der Waals surface area contributed by atoms with Crippen molar-refractivity contribution < 1.29 is 19.2 Å². The van der Waals surface area contributed by atoms with E-state index in [0.29, 0.717) is 5.75 Å². The third kappa shape index (κ3) is 3.36. The van der Waals surface area contributed by atoms with E-state index in [1.165, 1.54) is 0 Å². The first-order valence-corrected chi connectivity index (χ1v) is 8.79. The number of fused-ring (bicyclic) bond motifs is 1. The van der Waals surface area contributed by atoms with Gasteiger partial charge in [-0.3, -0.25) is 0 Å². The summed E-state index contributed by atoms with van der Waals surface area (Å²) in [5, 5.41) is 9.95. The van der Waals surface area contributed by atoms with Gasteiger partial charge in [-0.1, -0.05) is 18.2 Å². The lowest BCUT2D eigenvalue weighted by Crippen LogP contribution is -2.41. The molecule has 1 fully saturated rings. The zero-order valence-electron chi connectivity index (χ0n) is 14.8. The van der Waals surface area contributed by atoms with Crippen LogP contribution in [0, 0.1) is 0 Å². The molecule has 2 N–H and O–H groups in total. The lowest BCUT2D eigenvalue weighted by atomic mass is 9.78. The zero-order chi connectivity index (χ0) is 18.4. The molecule has 5 nitrogen and oxygen atoms in total. The molecule has 1 aliphatic heterocycles. The van der Waals surface area contributed by atoms with Crippen molar-refractivity contribution in [3.8, 4) is 0 Å². The number of carbonyl (C=O) groups is 1. The number of rotatable bonds is 4. The van der Waals surface area contributed by atoms with E-state index in [1.807, 2.05) is 52.0 Å². The van der Waals surface area contributed by atoms with Gasteiger partial charge in [0, 0.05) is 16.7 Å². The molecule has 0 saturated carbocycles. The van der Waals surface area contributed by atoms with Crippen molar-refractivity contribution in [2.75, 3.05) is 5.75 Å². The number of benzene rings is 1. The number of hydrogen-bond acceptors (Lipinski definition) is 4. The van der Waals surface area contributed by atoms with Crippen molar-refractivity contribution in [3.05, 3.63) is 41.0 Å². The fourth-order valence-corrected chi connectivity index (χ4v) is 2.99. The minimum Gasteiger partial charge on any atom is -0.477 e. The topological polar surface area (TPSA) is 71.5 Å². The van der Waals surface area contributed by atoms with Gasteiger partial charge >= 0.3 is 13.1 Å². The average Bonchev–Trinajstić information content (AvgIpc) is 3.03. The summed E-state index contributed by atoms with van der Waals surface area (Å²) in [6.07, 6.45) is 1.98. The Bertz CT molecular complexity index is 840. The molecule has 0 radical (unpaired) electrons. The molecule has 1 aliphatic rings. The molecular formula is C18H22BNO4S. The Morgan fingerprint density at radius 2 is 1.88 bits per heavy atom. The Hall–Kier alpha value is -1.70. The molecule has 3 rings (SSSR count). The number of aromatic amines is 1. The first kappa shape index (κ1) is 18.1. The van der Waals surface area contributed by atoms with Gasteiger partial charge in [-0.2, -0.15) is 12.6 Å². The van der Waals surface area contributed by atoms with Crippen molar-refractivity contribution in [3.63, 3.8) is 0 Å². The van der Waals surface area contributed by atoms with Gasteiger partial charge in [0.1, 0.15) is 5.69 Å². The molecular weight excluding hydrogens is 337 g/mol. The first-order valence-electron chi connectivity index (χ1n) is 8.16. The minimum absolute atomic E-state index is 0.177. The van der Waals surface area contributed by atoms with E-state index in [1.54, 1.807) is 6.07 Å². The summed E-state index contributed by atoms with van der Waals surface area (Å²) in [6.45, 7) is 8.06. The normalized spacial score (nSPS) is 19.6. The van der Waals surface area contributed by atoms with E-state index in [9.17, 15) is 4.79 Å². The van der Waals surface area contributed by atoms with Gasteiger partial charge in [0.15, 0.2) is 0 Å². The summed E-state index contributed by atoms with van der Waals surface area (Å²) >= 11 is 4.43. The predicted molar refractivity (Wildman–Crippen MR) is 103 cm³/mol. The van der Waals surface area contributed by atoms with Crippen molar-refractivity contribution in [1.82, 2.24) is 4.98 Å². The minimum atomic E-state index is -0.971. The second kappa shape index (κ2) is 6.23. The van der Waals surface area contributed by atoms with Gasteiger partial charge in [0.05, 0.1) is 11.2 Å². The van der Waals surface area contributed by atoms with E-state index in [-0.39, 0.29) is 5.69 Å². The third-order valence-corrected chi connectivity index (χ3v) is 5.33. The molecule has 1 aromatic heterocycles. The van der Waals surface area contributed by atoms with Crippen LogP contribution in [0.25, 0.3) is 17.0 Å². The van der Waals surface area contributed by atoms with Crippen LogP contribution in [0.15, 0.2) is 29.7 Å². The van der Waals surface area contributed by atoms with Crippen molar-refractivity contribution >= 4 is 42.7 Å². The predicted octanol–water partition coefficient (Wildman–Crippen LogP) is 3.81. The van der Waals surface area contributed by atoms with Crippen LogP contribution in [0.4, 0.5) is 0 Å². The van der Waals surface area contributed by atoms with E-state index in [0.717, 1.165) is 21.9 Å². The van der Waals surface area contributed by atoms with Gasteiger partial charge < -0.3 is 19.4 Å². The molecule has 1 saturated heterocycles. The number of carboxylic acid groups (broad SMARTS) is 1. The number of carboxylic acids is 1. The van der Waals surface area contributed by atoms with Gasteiger partial charge in [0.25, 0.3) is 0 Å². The summed E-state index contributed by atoms with van der Waals surface area (Å²) < 4.78 is 12.2. The molecule has 2 aromatic rings. The number of H-pyrrole nitrogens is 1. The van der Waals surface area contributed by atoms with Crippen molar-refractivity contribution in [1.29, 1.82) is 0 Å². The molecule has 0 atom stereocenters. The van der Waals surface area contributed by atoms with Crippen LogP contribution in [0.1, 0.15) is 43.7 Å². The second-order valence-electron chi connectivity index (χ2n) is 7.30. The van der Waals surface area contributed by atoms with E-state index in [4.69, 9.17) is 14.4 Å². The van der Waals surface area contributed by atoms with Crippen LogP contribution in [0.2, 0.25) is 0 Å². The van der Waals surface area contributed by atoms with Crippen LogP contribution in [0.3, 0.4) is 0 Å². The number of aromatic nitrogens is 1. The molecule has 0 amide bonds. The fourth-order valence-electron chi connectivity index (χ4n) is 2.75. The average molecular weight is 359 g/mol. The van der Waals surface area contributed by atoms with Crippen LogP contribution >= 0.6 is 12.6 Å². The molecule has 0 spiro atoms. The highest BCUT2D eigenvalue weighted by atomic mass is 32.1. The van der Waals surface area contributed by atoms with Crippen LogP contribution in [-0.4, -0.2) is 40.1 Å². The molecule has 7 heteroatoms. The van der Waals surface area contributed by atoms with E-state index in [2.05, 4.69) is 17.6 Å². The number of hydrogen-bond donors (Lipinski definition) is 3. The van der Waals surface area contributed by atoms with Gasteiger partial charge in [0.2, 0.25) is 0 Å². The Morgan fingerprint density at radius 1 is 1.24 bits per heavy atom. The van der Waals surface area contributed by atoms with Gasteiger partial charge in [-0.05, 0) is 50.9 Å². The molecule has 1 aromatic carbocycles. The highest BCUT2D eigenvalue weighted by molar-refractivity contribution is 7.80. The Labute approximate surface area is 153 Å². The van der Waals surface area contributed by atoms with Crippen molar-refractivity contribution in [2.24, 2.45) is 0 Å².